The largest absolute Gasteiger partial charge is 0.495 e. The van der Waals surface area contributed by atoms with Gasteiger partial charge in [-0.15, -0.1) is 0 Å². The minimum absolute atomic E-state index is 0.00526. The van der Waals surface area contributed by atoms with E-state index in [-0.39, 0.29) is 16.2 Å². The third kappa shape index (κ3) is 6.10. The standard InChI is InChI=1S/C22H20N2O6S2/c1-29-18-12-11-15(13-20(18)32(23,27)28)22(26)30-14-21(25)24-17-9-5-6-10-19(17)31-16-7-3-2-4-8-16/h2-13H,14H2,1H3,(H,24,25)(H2,23,27,28). The first-order chi connectivity index (χ1) is 15.3. The summed E-state index contributed by atoms with van der Waals surface area (Å²) in [4.78, 5) is 26.1. The minimum atomic E-state index is -4.12. The maximum atomic E-state index is 12.3. The molecule has 3 rings (SSSR count). The molecule has 0 aliphatic carbocycles. The van der Waals surface area contributed by atoms with Crippen molar-refractivity contribution < 1.29 is 27.5 Å². The van der Waals surface area contributed by atoms with Gasteiger partial charge in [-0.1, -0.05) is 42.1 Å². The molecule has 0 unspecified atom stereocenters. The number of para-hydroxylation sites is 1. The second kappa shape index (κ2) is 10.3. The Morgan fingerprint density at radius 3 is 2.38 bits per heavy atom. The summed E-state index contributed by atoms with van der Waals surface area (Å²) in [5.41, 5.74) is 0.492. The van der Waals surface area contributed by atoms with Crippen LogP contribution in [0.2, 0.25) is 0 Å². The number of sulfonamides is 1. The minimum Gasteiger partial charge on any atom is -0.495 e. The number of nitrogens with two attached hydrogens (primary N) is 1. The highest BCUT2D eigenvalue weighted by molar-refractivity contribution is 7.99. The van der Waals surface area contributed by atoms with Crippen LogP contribution < -0.4 is 15.2 Å². The molecule has 0 fully saturated rings. The number of anilines is 1. The van der Waals surface area contributed by atoms with Crippen molar-refractivity contribution in [3.63, 3.8) is 0 Å². The molecule has 8 nitrogen and oxygen atoms in total. The number of amides is 1. The molecular formula is C22H20N2O6S2. The van der Waals surface area contributed by atoms with E-state index in [9.17, 15) is 18.0 Å². The second-order valence-corrected chi connectivity index (χ2v) is 9.09. The van der Waals surface area contributed by atoms with Crippen molar-refractivity contribution in [2.24, 2.45) is 5.14 Å². The molecule has 0 saturated heterocycles. The van der Waals surface area contributed by atoms with Crippen molar-refractivity contribution in [1.29, 1.82) is 0 Å². The fraction of sp³-hybridized carbons (Fsp3) is 0.0909. The zero-order valence-corrected chi connectivity index (χ0v) is 18.6. The molecule has 0 spiro atoms. The maximum Gasteiger partial charge on any atom is 0.338 e. The van der Waals surface area contributed by atoms with Gasteiger partial charge in [-0.2, -0.15) is 0 Å². The molecule has 3 aromatic rings. The van der Waals surface area contributed by atoms with Crippen LogP contribution in [0.4, 0.5) is 5.69 Å². The van der Waals surface area contributed by atoms with Gasteiger partial charge in [-0.05, 0) is 42.5 Å². The van der Waals surface area contributed by atoms with Crippen LogP contribution in [-0.4, -0.2) is 34.0 Å². The molecule has 0 saturated carbocycles. The molecule has 0 bridgehead atoms. The molecule has 1 amide bonds. The molecule has 3 N–H and O–H groups in total. The van der Waals surface area contributed by atoms with E-state index in [1.165, 1.54) is 31.0 Å². The number of hydrogen-bond acceptors (Lipinski definition) is 7. The number of ether oxygens (including phenoxy) is 2. The van der Waals surface area contributed by atoms with Crippen molar-refractivity contribution in [2.75, 3.05) is 19.0 Å². The van der Waals surface area contributed by atoms with E-state index in [1.54, 1.807) is 12.1 Å². The van der Waals surface area contributed by atoms with Gasteiger partial charge in [0, 0.05) is 9.79 Å². The summed E-state index contributed by atoms with van der Waals surface area (Å²) >= 11 is 1.48. The molecule has 166 valence electrons. The van der Waals surface area contributed by atoms with Gasteiger partial charge in [-0.25, -0.2) is 18.4 Å². The van der Waals surface area contributed by atoms with Crippen LogP contribution >= 0.6 is 11.8 Å². The van der Waals surface area contributed by atoms with Crippen LogP contribution in [0.25, 0.3) is 0 Å². The Morgan fingerprint density at radius 2 is 1.69 bits per heavy atom. The van der Waals surface area contributed by atoms with Crippen molar-refractivity contribution in [3.05, 3.63) is 78.4 Å². The lowest BCUT2D eigenvalue weighted by atomic mass is 10.2. The van der Waals surface area contributed by atoms with Crippen LogP contribution in [0.15, 0.2) is 87.5 Å². The predicted molar refractivity (Wildman–Crippen MR) is 120 cm³/mol. The van der Waals surface area contributed by atoms with Gasteiger partial charge in [-0.3, -0.25) is 4.79 Å². The first-order valence-corrected chi connectivity index (χ1v) is 11.6. The van der Waals surface area contributed by atoms with Crippen molar-refractivity contribution in [1.82, 2.24) is 0 Å². The van der Waals surface area contributed by atoms with Crippen LogP contribution in [0, 0.1) is 0 Å². The molecule has 3 aromatic carbocycles. The van der Waals surface area contributed by atoms with E-state index < -0.39 is 28.5 Å². The quantitative estimate of drug-likeness (QED) is 0.482. The number of carbonyl (C=O) groups excluding carboxylic acids is 2. The number of carbonyl (C=O) groups is 2. The molecule has 10 heteroatoms. The van der Waals surface area contributed by atoms with Crippen LogP contribution in [0.1, 0.15) is 10.4 Å². The Bertz CT molecular complexity index is 1230. The fourth-order valence-electron chi connectivity index (χ4n) is 2.70. The highest BCUT2D eigenvalue weighted by Crippen LogP contribution is 2.33. The van der Waals surface area contributed by atoms with E-state index in [2.05, 4.69) is 5.32 Å². The zero-order chi connectivity index (χ0) is 23.1. The summed E-state index contributed by atoms with van der Waals surface area (Å²) in [6.45, 7) is -0.556. The summed E-state index contributed by atoms with van der Waals surface area (Å²) in [5.74, 6) is -1.42. The van der Waals surface area contributed by atoms with Gasteiger partial charge in [0.25, 0.3) is 5.91 Å². The number of hydrogen-bond donors (Lipinski definition) is 2. The number of benzene rings is 3. The average molecular weight is 473 g/mol. The Balaban J connectivity index is 1.65. The average Bonchev–Trinajstić information content (AvgIpc) is 2.78. The second-order valence-electron chi connectivity index (χ2n) is 6.45. The first-order valence-electron chi connectivity index (χ1n) is 9.27. The third-order valence-electron chi connectivity index (χ3n) is 4.17. The maximum absolute atomic E-state index is 12.3. The van der Waals surface area contributed by atoms with Crippen molar-refractivity contribution in [3.8, 4) is 5.75 Å². The van der Waals surface area contributed by atoms with Gasteiger partial charge < -0.3 is 14.8 Å². The van der Waals surface area contributed by atoms with E-state index in [0.29, 0.717) is 5.69 Å². The van der Waals surface area contributed by atoms with Crippen molar-refractivity contribution in [2.45, 2.75) is 14.7 Å². The van der Waals surface area contributed by atoms with E-state index in [4.69, 9.17) is 14.6 Å². The van der Waals surface area contributed by atoms with Crippen LogP contribution in [-0.2, 0) is 19.6 Å². The summed E-state index contributed by atoms with van der Waals surface area (Å²) in [7, 11) is -2.84. The smallest absolute Gasteiger partial charge is 0.338 e. The Hall–Kier alpha value is -3.34. The van der Waals surface area contributed by atoms with Crippen LogP contribution in [0.5, 0.6) is 5.75 Å². The summed E-state index contributed by atoms with van der Waals surface area (Å²) in [5, 5.41) is 7.87. The Labute approximate surface area is 189 Å². The topological polar surface area (TPSA) is 125 Å². The number of esters is 1. The van der Waals surface area contributed by atoms with E-state index in [0.717, 1.165) is 15.9 Å². The van der Waals surface area contributed by atoms with Gasteiger partial charge >= 0.3 is 5.97 Å². The SMILES string of the molecule is COc1ccc(C(=O)OCC(=O)Nc2ccccc2Sc2ccccc2)cc1S(N)(=O)=O. The van der Waals surface area contributed by atoms with Gasteiger partial charge in [0.05, 0.1) is 18.4 Å². The monoisotopic (exact) mass is 472 g/mol. The third-order valence-corrected chi connectivity index (χ3v) is 6.19. The lowest BCUT2D eigenvalue weighted by Crippen LogP contribution is -2.21. The lowest BCUT2D eigenvalue weighted by molar-refractivity contribution is -0.119. The van der Waals surface area contributed by atoms with E-state index in [1.807, 2.05) is 42.5 Å². The molecule has 0 aromatic heterocycles. The molecular weight excluding hydrogens is 452 g/mol. The summed E-state index contributed by atoms with van der Waals surface area (Å²) < 4.78 is 33.4. The number of nitrogens with one attached hydrogen (secondary N) is 1. The lowest BCUT2D eigenvalue weighted by Gasteiger charge is -2.12. The van der Waals surface area contributed by atoms with Gasteiger partial charge in [0.15, 0.2) is 6.61 Å². The highest BCUT2D eigenvalue weighted by atomic mass is 32.2. The number of rotatable bonds is 8. The fourth-order valence-corrected chi connectivity index (χ4v) is 4.35. The molecule has 0 heterocycles. The zero-order valence-electron chi connectivity index (χ0n) is 17.0. The summed E-state index contributed by atoms with van der Waals surface area (Å²) in [6.07, 6.45) is 0. The molecule has 0 aliphatic heterocycles. The number of methoxy groups -OCH3 is 1. The molecule has 0 atom stereocenters. The Morgan fingerprint density at radius 1 is 1.00 bits per heavy atom. The van der Waals surface area contributed by atoms with Crippen molar-refractivity contribution >= 4 is 39.3 Å². The molecule has 32 heavy (non-hydrogen) atoms. The van der Waals surface area contributed by atoms with Gasteiger partial charge in [0.2, 0.25) is 10.0 Å². The normalized spacial score (nSPS) is 10.9. The molecule has 0 aliphatic rings. The Kier molecular flexibility index (Phi) is 7.52. The first kappa shape index (κ1) is 23.3. The summed E-state index contributed by atoms with van der Waals surface area (Å²) in [6, 6.07) is 20.6. The van der Waals surface area contributed by atoms with E-state index >= 15 is 0 Å². The predicted octanol–water partition coefficient (Wildman–Crippen LogP) is 3.29. The highest BCUT2D eigenvalue weighted by Gasteiger charge is 2.19. The van der Waals surface area contributed by atoms with Crippen LogP contribution in [0.3, 0.4) is 0 Å². The molecule has 0 radical (unpaired) electrons. The number of primary sulfonamides is 1. The van der Waals surface area contributed by atoms with Gasteiger partial charge in [0.1, 0.15) is 10.6 Å².